The van der Waals surface area contributed by atoms with E-state index in [1.54, 1.807) is 14.2 Å². The lowest BCUT2D eigenvalue weighted by atomic mass is 9.84. The highest BCUT2D eigenvalue weighted by molar-refractivity contribution is 5.80. The predicted molar refractivity (Wildman–Crippen MR) is 121 cm³/mol. The molecule has 2 bridgehead atoms. The van der Waals surface area contributed by atoms with Crippen molar-refractivity contribution in [3.05, 3.63) is 35.9 Å². The molecule has 1 saturated heterocycles. The number of amides is 2. The van der Waals surface area contributed by atoms with Crippen molar-refractivity contribution in [3.63, 3.8) is 0 Å². The van der Waals surface area contributed by atoms with Crippen LogP contribution < -0.4 is 20.1 Å². The number of benzene rings is 1. The van der Waals surface area contributed by atoms with Crippen LogP contribution in [0.15, 0.2) is 30.4 Å². The van der Waals surface area contributed by atoms with Gasteiger partial charge in [-0.2, -0.15) is 0 Å². The first-order valence-electron chi connectivity index (χ1n) is 11.9. The van der Waals surface area contributed by atoms with Gasteiger partial charge in [-0.25, -0.2) is 0 Å². The van der Waals surface area contributed by atoms with Crippen molar-refractivity contribution in [3.8, 4) is 11.5 Å². The third-order valence-corrected chi connectivity index (χ3v) is 8.46. The maximum Gasteiger partial charge on any atom is 0.220 e. The second-order valence-electron chi connectivity index (χ2n) is 10.2. The summed E-state index contributed by atoms with van der Waals surface area (Å²) in [4.78, 5) is 24.8. The van der Waals surface area contributed by atoms with Gasteiger partial charge in [0.15, 0.2) is 11.5 Å². The van der Waals surface area contributed by atoms with Crippen molar-refractivity contribution in [1.29, 1.82) is 0 Å². The van der Waals surface area contributed by atoms with E-state index in [0.29, 0.717) is 54.4 Å². The van der Waals surface area contributed by atoms with E-state index < -0.39 is 0 Å². The van der Waals surface area contributed by atoms with Gasteiger partial charge in [0.2, 0.25) is 11.8 Å². The van der Waals surface area contributed by atoms with Gasteiger partial charge in [0.1, 0.15) is 0 Å². The lowest BCUT2D eigenvalue weighted by Gasteiger charge is -2.30. The summed E-state index contributed by atoms with van der Waals surface area (Å²) in [7, 11) is 3.24. The Morgan fingerprint density at radius 3 is 2.62 bits per heavy atom. The fraction of sp³-hybridized carbons (Fsp3) is 0.615. The molecular weight excluding hydrogens is 404 g/mol. The van der Waals surface area contributed by atoms with Crippen LogP contribution in [0.1, 0.15) is 50.5 Å². The van der Waals surface area contributed by atoms with E-state index in [2.05, 4.69) is 22.8 Å². The van der Waals surface area contributed by atoms with Crippen molar-refractivity contribution in [2.24, 2.45) is 23.2 Å². The second-order valence-corrected chi connectivity index (χ2v) is 10.2. The number of rotatable bonds is 9. The summed E-state index contributed by atoms with van der Waals surface area (Å²) in [6, 6.07) is 5.85. The average Bonchev–Trinajstić information content (AvgIpc) is 3.33. The number of hydrogen-bond donors (Lipinski definition) is 2. The normalized spacial score (nSPS) is 31.1. The number of hydrogen-bond acceptors (Lipinski definition) is 4. The quantitative estimate of drug-likeness (QED) is 0.580. The van der Waals surface area contributed by atoms with Crippen LogP contribution in [0.25, 0.3) is 0 Å². The zero-order chi connectivity index (χ0) is 22.3. The summed E-state index contributed by atoms with van der Waals surface area (Å²) in [5, 5.41) is 6.38. The topological polar surface area (TPSA) is 76.7 Å². The Labute approximate surface area is 190 Å². The van der Waals surface area contributed by atoms with Crippen LogP contribution in [0.4, 0.5) is 0 Å². The second kappa shape index (κ2) is 8.13. The zero-order valence-corrected chi connectivity index (χ0v) is 19.1. The molecule has 1 spiro atoms. The monoisotopic (exact) mass is 438 g/mol. The first kappa shape index (κ1) is 21.4. The highest BCUT2D eigenvalue weighted by atomic mass is 16.5. The maximum atomic E-state index is 12.7. The highest BCUT2D eigenvalue weighted by Gasteiger charge is 2.62. The SMILES string of the molecule is COc1ccc(C[C@]2(CCC(=O)NC[C@H]3C[C@@H]4C=C[C@@H]3C43CC3)CCC(=O)N2)cc1OC. The molecule has 2 N–H and O–H groups in total. The summed E-state index contributed by atoms with van der Waals surface area (Å²) < 4.78 is 10.8. The van der Waals surface area contributed by atoms with Crippen LogP contribution in [0.3, 0.4) is 0 Å². The average molecular weight is 439 g/mol. The summed E-state index contributed by atoms with van der Waals surface area (Å²) in [5.41, 5.74) is 1.24. The van der Waals surface area contributed by atoms with Crippen molar-refractivity contribution in [2.75, 3.05) is 20.8 Å². The standard InChI is InChI=1S/C26H34N2O4/c1-31-21-6-3-17(13-22(21)32-2)15-25(10-8-24(30)28-25)9-7-23(29)27-16-18-14-19-4-5-20(18)26(19)11-12-26/h3-6,13,18-20H,7-12,14-16H2,1-2H3,(H,27,29)(H,28,30)/t18-,19+,20+,25+/m1/s1. The van der Waals surface area contributed by atoms with Crippen molar-refractivity contribution in [2.45, 2.75) is 56.9 Å². The molecule has 5 rings (SSSR count). The minimum Gasteiger partial charge on any atom is -0.493 e. The predicted octanol–water partition coefficient (Wildman–Crippen LogP) is 3.39. The molecular formula is C26H34N2O4. The molecule has 0 unspecified atom stereocenters. The van der Waals surface area contributed by atoms with Gasteiger partial charge in [-0.05, 0) is 79.4 Å². The van der Waals surface area contributed by atoms with Crippen LogP contribution in [0, 0.1) is 23.2 Å². The van der Waals surface area contributed by atoms with Gasteiger partial charge in [-0.3, -0.25) is 9.59 Å². The minimum absolute atomic E-state index is 0.0642. The molecule has 0 aromatic heterocycles. The molecule has 2 saturated carbocycles. The minimum atomic E-state index is -0.388. The molecule has 1 aliphatic heterocycles. The van der Waals surface area contributed by atoms with Crippen molar-refractivity contribution >= 4 is 11.8 Å². The largest absolute Gasteiger partial charge is 0.493 e. The molecule has 172 valence electrons. The number of allylic oxidation sites excluding steroid dienone is 2. The lowest BCUT2D eigenvalue weighted by Crippen LogP contribution is -2.44. The smallest absolute Gasteiger partial charge is 0.220 e. The van der Waals surface area contributed by atoms with Crippen LogP contribution >= 0.6 is 0 Å². The van der Waals surface area contributed by atoms with Crippen molar-refractivity contribution in [1.82, 2.24) is 10.6 Å². The van der Waals surface area contributed by atoms with Gasteiger partial charge in [0.05, 0.1) is 14.2 Å². The Balaban J connectivity index is 1.18. The Bertz CT molecular complexity index is 938. The van der Waals surface area contributed by atoms with E-state index in [1.807, 2.05) is 18.2 Å². The molecule has 4 aliphatic rings. The number of carbonyl (C=O) groups excluding carboxylic acids is 2. The Morgan fingerprint density at radius 2 is 1.97 bits per heavy atom. The molecule has 32 heavy (non-hydrogen) atoms. The molecule has 6 heteroatoms. The molecule has 1 heterocycles. The third-order valence-electron chi connectivity index (χ3n) is 8.46. The molecule has 3 fully saturated rings. The lowest BCUT2D eigenvalue weighted by molar-refractivity contribution is -0.123. The van der Waals surface area contributed by atoms with Crippen LogP contribution in [-0.2, 0) is 16.0 Å². The van der Waals surface area contributed by atoms with Crippen LogP contribution in [0.5, 0.6) is 11.5 Å². The molecule has 1 aromatic rings. The molecule has 1 aromatic carbocycles. The van der Waals surface area contributed by atoms with E-state index in [4.69, 9.17) is 9.47 Å². The zero-order valence-electron chi connectivity index (χ0n) is 19.1. The molecule has 3 aliphatic carbocycles. The summed E-state index contributed by atoms with van der Waals surface area (Å²) in [6.07, 6.45) is 11.8. The first-order valence-corrected chi connectivity index (χ1v) is 11.9. The molecule has 0 radical (unpaired) electrons. The number of methoxy groups -OCH3 is 2. The Hall–Kier alpha value is -2.50. The van der Waals surface area contributed by atoms with Gasteiger partial charge >= 0.3 is 0 Å². The Morgan fingerprint density at radius 1 is 1.16 bits per heavy atom. The van der Waals surface area contributed by atoms with Gasteiger partial charge in [0, 0.05) is 24.9 Å². The molecule has 2 amide bonds. The molecule has 4 atom stereocenters. The fourth-order valence-corrected chi connectivity index (χ4v) is 6.61. The van der Waals surface area contributed by atoms with Crippen LogP contribution in [0.2, 0.25) is 0 Å². The number of nitrogens with one attached hydrogen (secondary N) is 2. The number of carbonyl (C=O) groups is 2. The molecule has 6 nitrogen and oxygen atoms in total. The summed E-state index contributed by atoms with van der Waals surface area (Å²) >= 11 is 0. The number of ether oxygens (including phenoxy) is 2. The van der Waals surface area contributed by atoms with Crippen LogP contribution in [-0.4, -0.2) is 38.1 Å². The first-order chi connectivity index (χ1) is 15.5. The fourth-order valence-electron chi connectivity index (χ4n) is 6.61. The highest BCUT2D eigenvalue weighted by Crippen LogP contribution is 2.69. The Kier molecular flexibility index (Phi) is 5.42. The maximum absolute atomic E-state index is 12.7. The third kappa shape index (κ3) is 3.78. The van der Waals surface area contributed by atoms with E-state index in [-0.39, 0.29) is 17.4 Å². The van der Waals surface area contributed by atoms with Gasteiger partial charge < -0.3 is 20.1 Å². The van der Waals surface area contributed by atoms with Crippen molar-refractivity contribution < 1.29 is 19.1 Å². The van der Waals surface area contributed by atoms with E-state index in [9.17, 15) is 9.59 Å². The summed E-state index contributed by atoms with van der Waals surface area (Å²) in [5.74, 6) is 3.51. The van der Waals surface area contributed by atoms with Gasteiger partial charge in [-0.15, -0.1) is 0 Å². The van der Waals surface area contributed by atoms with E-state index in [1.165, 1.54) is 19.3 Å². The van der Waals surface area contributed by atoms with Gasteiger partial charge in [-0.1, -0.05) is 18.2 Å². The van der Waals surface area contributed by atoms with E-state index >= 15 is 0 Å². The van der Waals surface area contributed by atoms with Gasteiger partial charge in [0.25, 0.3) is 0 Å². The summed E-state index contributed by atoms with van der Waals surface area (Å²) in [6.45, 7) is 0.779. The van der Waals surface area contributed by atoms with E-state index in [0.717, 1.165) is 24.4 Å².